The smallest absolute Gasteiger partial charge is 0.224 e. The molecule has 0 aromatic heterocycles. The second-order valence-corrected chi connectivity index (χ2v) is 6.58. The first-order valence-electron chi connectivity index (χ1n) is 8.60. The Morgan fingerprint density at radius 3 is 2.70 bits per heavy atom. The molecule has 0 bridgehead atoms. The predicted octanol–water partition coefficient (Wildman–Crippen LogP) is 2.70. The van der Waals surface area contributed by atoms with E-state index in [1.165, 1.54) is 0 Å². The Balaban J connectivity index is 1.44. The third kappa shape index (κ3) is 4.69. The molecule has 1 saturated carbocycles. The van der Waals surface area contributed by atoms with Gasteiger partial charge in [0.15, 0.2) is 0 Å². The van der Waals surface area contributed by atoms with Crippen LogP contribution in [0, 0.1) is 5.92 Å². The Kier molecular flexibility index (Phi) is 5.51. The minimum absolute atomic E-state index is 0.0420. The van der Waals surface area contributed by atoms with Crippen molar-refractivity contribution in [3.05, 3.63) is 24.3 Å². The Bertz CT molecular complexity index is 512. The molecule has 23 heavy (non-hydrogen) atoms. The number of nitrogens with two attached hydrogens (primary N) is 1. The van der Waals surface area contributed by atoms with Gasteiger partial charge in [0, 0.05) is 24.8 Å². The number of hydrogen-bond acceptors (Lipinski definition) is 4. The van der Waals surface area contributed by atoms with E-state index in [0.717, 1.165) is 50.1 Å². The molecule has 1 aromatic rings. The van der Waals surface area contributed by atoms with Gasteiger partial charge in [-0.1, -0.05) is 6.42 Å². The molecule has 0 radical (unpaired) electrons. The molecule has 3 rings (SSSR count). The third-order valence-corrected chi connectivity index (χ3v) is 4.76. The summed E-state index contributed by atoms with van der Waals surface area (Å²) in [6.07, 6.45) is 6.14. The van der Waals surface area contributed by atoms with Gasteiger partial charge in [-0.25, -0.2) is 0 Å². The fourth-order valence-electron chi connectivity index (χ4n) is 3.37. The highest BCUT2D eigenvalue weighted by Gasteiger charge is 2.26. The molecule has 0 spiro atoms. The third-order valence-electron chi connectivity index (χ3n) is 4.76. The molecule has 1 aliphatic heterocycles. The number of ether oxygens (including phenoxy) is 2. The molecule has 3 atom stereocenters. The first kappa shape index (κ1) is 16.3. The van der Waals surface area contributed by atoms with Crippen molar-refractivity contribution in [1.29, 1.82) is 0 Å². The summed E-state index contributed by atoms with van der Waals surface area (Å²) in [5.74, 6) is 1.17. The number of rotatable bonds is 6. The van der Waals surface area contributed by atoms with E-state index >= 15 is 0 Å². The zero-order valence-corrected chi connectivity index (χ0v) is 13.5. The summed E-state index contributed by atoms with van der Waals surface area (Å²) in [4.78, 5) is 12.1. The van der Waals surface area contributed by atoms with Crippen molar-refractivity contribution in [2.24, 2.45) is 11.7 Å². The van der Waals surface area contributed by atoms with E-state index < -0.39 is 0 Å². The molecular formula is C18H26N2O3. The Hall–Kier alpha value is -1.59. The highest BCUT2D eigenvalue weighted by atomic mass is 16.5. The van der Waals surface area contributed by atoms with Crippen LogP contribution in [0.3, 0.4) is 0 Å². The van der Waals surface area contributed by atoms with Crippen LogP contribution >= 0.6 is 0 Å². The molecule has 1 aliphatic carbocycles. The largest absolute Gasteiger partial charge is 0.491 e. The van der Waals surface area contributed by atoms with Crippen molar-refractivity contribution in [3.8, 4) is 5.75 Å². The van der Waals surface area contributed by atoms with Gasteiger partial charge in [0.2, 0.25) is 5.91 Å². The summed E-state index contributed by atoms with van der Waals surface area (Å²) in [7, 11) is 0. The highest BCUT2D eigenvalue weighted by molar-refractivity contribution is 5.90. The van der Waals surface area contributed by atoms with Crippen molar-refractivity contribution in [2.75, 3.05) is 18.5 Å². The normalized spacial score (nSPS) is 27.1. The fraction of sp³-hybridized carbons (Fsp3) is 0.611. The molecule has 1 amide bonds. The number of anilines is 1. The number of amides is 1. The maximum atomic E-state index is 12.1. The molecule has 1 aromatic carbocycles. The van der Waals surface area contributed by atoms with Gasteiger partial charge in [-0.2, -0.15) is 0 Å². The lowest BCUT2D eigenvalue weighted by Gasteiger charge is -2.15. The van der Waals surface area contributed by atoms with Crippen LogP contribution in [0.1, 0.15) is 38.5 Å². The summed E-state index contributed by atoms with van der Waals surface area (Å²) in [6.45, 7) is 1.43. The summed E-state index contributed by atoms with van der Waals surface area (Å²) < 4.78 is 11.2. The highest BCUT2D eigenvalue weighted by Crippen LogP contribution is 2.27. The van der Waals surface area contributed by atoms with Crippen LogP contribution < -0.4 is 15.8 Å². The summed E-state index contributed by atoms with van der Waals surface area (Å²) in [5.41, 5.74) is 6.82. The van der Waals surface area contributed by atoms with Gasteiger partial charge in [-0.05, 0) is 55.9 Å². The molecule has 1 saturated heterocycles. The summed E-state index contributed by atoms with van der Waals surface area (Å²) in [5, 5.41) is 2.94. The second kappa shape index (κ2) is 7.79. The van der Waals surface area contributed by atoms with E-state index in [9.17, 15) is 4.79 Å². The van der Waals surface area contributed by atoms with Gasteiger partial charge in [0.05, 0.1) is 6.10 Å². The maximum Gasteiger partial charge on any atom is 0.224 e. The Labute approximate surface area is 137 Å². The van der Waals surface area contributed by atoms with Crippen LogP contribution in [0.25, 0.3) is 0 Å². The van der Waals surface area contributed by atoms with Crippen molar-refractivity contribution in [3.63, 3.8) is 0 Å². The molecule has 2 aliphatic rings. The molecule has 3 N–H and O–H groups in total. The van der Waals surface area contributed by atoms with Crippen LogP contribution in [0.4, 0.5) is 5.69 Å². The molecule has 126 valence electrons. The van der Waals surface area contributed by atoms with Crippen LogP contribution in [0.2, 0.25) is 0 Å². The van der Waals surface area contributed by atoms with Crippen LogP contribution in [0.5, 0.6) is 5.75 Å². The fourth-order valence-corrected chi connectivity index (χ4v) is 3.37. The number of benzene rings is 1. The maximum absolute atomic E-state index is 12.1. The van der Waals surface area contributed by atoms with Gasteiger partial charge in [-0.15, -0.1) is 0 Å². The van der Waals surface area contributed by atoms with Crippen LogP contribution in [-0.4, -0.2) is 31.3 Å². The minimum Gasteiger partial charge on any atom is -0.491 e. The van der Waals surface area contributed by atoms with Gasteiger partial charge in [0.1, 0.15) is 12.4 Å². The topological polar surface area (TPSA) is 73.6 Å². The van der Waals surface area contributed by atoms with Gasteiger partial charge in [0.25, 0.3) is 0 Å². The average Bonchev–Trinajstić information content (AvgIpc) is 3.19. The minimum atomic E-state index is 0.0420. The SMILES string of the molecule is N[C@@H]1CCC[C@H]1CC(=O)Nc1ccc(OCC2CCCO2)cc1. The first-order valence-corrected chi connectivity index (χ1v) is 8.60. The van der Waals surface area contributed by atoms with Crippen molar-refractivity contribution in [2.45, 2.75) is 50.7 Å². The summed E-state index contributed by atoms with van der Waals surface area (Å²) >= 11 is 0. The quantitative estimate of drug-likeness (QED) is 0.846. The van der Waals surface area contributed by atoms with Gasteiger partial charge >= 0.3 is 0 Å². The standard InChI is InChI=1S/C18H26N2O3/c19-17-5-1-3-13(17)11-18(21)20-14-6-8-15(9-7-14)23-12-16-4-2-10-22-16/h6-9,13,16-17H,1-5,10-12,19H2,(H,20,21)/t13-,16?,17+/m0/s1. The van der Waals surface area contributed by atoms with E-state index in [0.29, 0.717) is 18.9 Å². The molecule has 1 heterocycles. The van der Waals surface area contributed by atoms with Crippen LogP contribution in [-0.2, 0) is 9.53 Å². The van der Waals surface area contributed by atoms with Crippen LogP contribution in [0.15, 0.2) is 24.3 Å². The van der Waals surface area contributed by atoms with E-state index in [-0.39, 0.29) is 18.1 Å². The zero-order chi connectivity index (χ0) is 16.1. The van der Waals surface area contributed by atoms with E-state index in [4.69, 9.17) is 15.2 Å². The van der Waals surface area contributed by atoms with E-state index in [1.54, 1.807) is 0 Å². The predicted molar refractivity (Wildman–Crippen MR) is 89.5 cm³/mol. The molecule has 5 nitrogen and oxygen atoms in total. The van der Waals surface area contributed by atoms with E-state index in [1.807, 2.05) is 24.3 Å². The van der Waals surface area contributed by atoms with Crippen molar-refractivity contribution < 1.29 is 14.3 Å². The Morgan fingerprint density at radius 2 is 2.04 bits per heavy atom. The lowest BCUT2D eigenvalue weighted by Crippen LogP contribution is -2.28. The van der Waals surface area contributed by atoms with Crippen molar-refractivity contribution in [1.82, 2.24) is 0 Å². The van der Waals surface area contributed by atoms with Gasteiger partial charge < -0.3 is 20.5 Å². The monoisotopic (exact) mass is 318 g/mol. The van der Waals surface area contributed by atoms with E-state index in [2.05, 4.69) is 5.32 Å². The van der Waals surface area contributed by atoms with Crippen molar-refractivity contribution >= 4 is 11.6 Å². The summed E-state index contributed by atoms with van der Waals surface area (Å²) in [6, 6.07) is 7.68. The molecule has 5 heteroatoms. The number of nitrogens with one attached hydrogen (secondary N) is 1. The first-order chi connectivity index (χ1) is 11.2. The molecular weight excluding hydrogens is 292 g/mol. The molecule has 2 fully saturated rings. The number of carbonyl (C=O) groups is 1. The Morgan fingerprint density at radius 1 is 1.22 bits per heavy atom. The average molecular weight is 318 g/mol. The number of hydrogen-bond donors (Lipinski definition) is 2. The second-order valence-electron chi connectivity index (χ2n) is 6.58. The number of carbonyl (C=O) groups excluding carboxylic acids is 1. The lowest BCUT2D eigenvalue weighted by atomic mass is 10.00. The molecule has 1 unspecified atom stereocenters. The van der Waals surface area contributed by atoms with Gasteiger partial charge in [-0.3, -0.25) is 4.79 Å². The lowest BCUT2D eigenvalue weighted by molar-refractivity contribution is -0.117. The zero-order valence-electron chi connectivity index (χ0n) is 13.5.